The highest BCUT2D eigenvalue weighted by molar-refractivity contribution is 5.97. The molecule has 0 bridgehead atoms. The van der Waals surface area contributed by atoms with Crippen LogP contribution in [0.3, 0.4) is 0 Å². The van der Waals surface area contributed by atoms with Crippen LogP contribution in [0.15, 0.2) is 132 Å². The Bertz CT molecular complexity index is 1520. The molecule has 0 atom stereocenters. The minimum atomic E-state index is -0.415. The van der Waals surface area contributed by atoms with Crippen LogP contribution in [-0.4, -0.2) is 0 Å². The second-order valence-corrected chi connectivity index (χ2v) is 8.76. The van der Waals surface area contributed by atoms with Crippen molar-refractivity contribution in [1.82, 2.24) is 0 Å². The van der Waals surface area contributed by atoms with E-state index in [4.69, 9.17) is 5.11 Å². The van der Waals surface area contributed by atoms with E-state index >= 15 is 0 Å². The predicted molar refractivity (Wildman–Crippen MR) is 137 cm³/mol. The quantitative estimate of drug-likeness (QED) is 0.221. The van der Waals surface area contributed by atoms with Crippen LogP contribution in [0, 0.1) is 0 Å². The number of hydrogen-bond acceptors (Lipinski definition) is 2. The van der Waals surface area contributed by atoms with Gasteiger partial charge >= 0.3 is 0 Å². The lowest BCUT2D eigenvalue weighted by Crippen LogP contribution is -2.26. The molecule has 0 unspecified atom stereocenters. The molecule has 160 valence electrons. The van der Waals surface area contributed by atoms with Gasteiger partial charge in [-0.2, -0.15) is 0 Å². The van der Waals surface area contributed by atoms with Crippen molar-refractivity contribution in [3.63, 3.8) is 0 Å². The molecule has 0 amide bonds. The highest BCUT2D eigenvalue weighted by atomic mass is 15.4. The van der Waals surface area contributed by atoms with Gasteiger partial charge in [0.15, 0.2) is 0 Å². The monoisotopic (exact) mass is 435 g/mol. The first kappa shape index (κ1) is 19.0. The molecule has 1 N–H and O–H groups in total. The third-order valence-electron chi connectivity index (χ3n) is 7.10. The van der Waals surface area contributed by atoms with Crippen molar-refractivity contribution in [2.45, 2.75) is 5.41 Å². The van der Waals surface area contributed by atoms with Crippen LogP contribution in [0.1, 0.15) is 22.3 Å². The van der Waals surface area contributed by atoms with Crippen LogP contribution in [0.2, 0.25) is 0 Å². The minimum Gasteiger partial charge on any atom is -0.260 e. The van der Waals surface area contributed by atoms with Gasteiger partial charge in [-0.1, -0.05) is 108 Å². The number of hydrogen-bond donors (Lipinski definition) is 1. The summed E-state index contributed by atoms with van der Waals surface area (Å²) in [7, 11) is 0. The average Bonchev–Trinajstić information content (AvgIpc) is 3.37. The molecule has 34 heavy (non-hydrogen) atoms. The van der Waals surface area contributed by atoms with Crippen LogP contribution < -0.4 is 5.43 Å². The summed E-state index contributed by atoms with van der Waals surface area (Å²) >= 11 is 0. The highest BCUT2D eigenvalue weighted by Gasteiger charge is 2.52. The number of anilines is 1. The molecule has 3 heteroatoms. The topological polar surface area (TPSA) is 36.8 Å². The van der Waals surface area contributed by atoms with E-state index in [0.717, 1.165) is 11.4 Å². The molecular weight excluding hydrogens is 414 g/mol. The second kappa shape index (κ2) is 7.26. The Kier molecular flexibility index (Phi) is 4.06. The van der Waals surface area contributed by atoms with Crippen molar-refractivity contribution in [2.75, 3.05) is 5.43 Å². The van der Waals surface area contributed by atoms with Crippen molar-refractivity contribution >= 4 is 11.4 Å². The van der Waals surface area contributed by atoms with E-state index in [9.17, 15) is 0 Å². The standard InChI is InChI=1S/C31H21N3/c1-2-11-21(12-3-1)32-34-33-29-20-10-16-25-24-15-6-9-19-28(24)31(30(25)29)26-17-7-4-13-22(26)23-14-5-8-18-27(23)31/h1-20H,(H,32,33). The number of benzene rings is 5. The maximum atomic E-state index is 4.73. The average molecular weight is 436 g/mol. The van der Waals surface area contributed by atoms with E-state index in [2.05, 4.69) is 102 Å². The van der Waals surface area contributed by atoms with Gasteiger partial charge in [0.1, 0.15) is 0 Å². The zero-order valence-electron chi connectivity index (χ0n) is 18.4. The van der Waals surface area contributed by atoms with Crippen LogP contribution >= 0.6 is 0 Å². The third kappa shape index (κ3) is 2.47. The lowest BCUT2D eigenvalue weighted by molar-refractivity contribution is 0.792. The number of fused-ring (bicyclic) bond motifs is 10. The maximum Gasteiger partial charge on any atom is 0.0928 e. The summed E-state index contributed by atoms with van der Waals surface area (Å²) in [6.07, 6.45) is 0. The van der Waals surface area contributed by atoms with Gasteiger partial charge in [0, 0.05) is 5.56 Å². The van der Waals surface area contributed by atoms with Crippen LogP contribution in [0.4, 0.5) is 11.4 Å². The largest absolute Gasteiger partial charge is 0.260 e. The van der Waals surface area contributed by atoms with Crippen LogP contribution in [0.5, 0.6) is 0 Å². The van der Waals surface area contributed by atoms with Gasteiger partial charge < -0.3 is 0 Å². The SMILES string of the molecule is c1ccc(NN=Nc2cccc3c2C2(c4ccccc4-c4ccccc42)c2ccccc2-3)cc1. The maximum absolute atomic E-state index is 4.73. The lowest BCUT2D eigenvalue weighted by atomic mass is 9.70. The van der Waals surface area contributed by atoms with Crippen molar-refractivity contribution < 1.29 is 0 Å². The third-order valence-corrected chi connectivity index (χ3v) is 7.10. The molecule has 0 heterocycles. The Hall–Kier alpha value is -4.50. The zero-order chi connectivity index (χ0) is 22.5. The Labute approximate surface area is 198 Å². The molecule has 5 aromatic carbocycles. The molecule has 5 aromatic rings. The Morgan fingerprint density at radius 1 is 0.471 bits per heavy atom. The summed E-state index contributed by atoms with van der Waals surface area (Å²) in [6.45, 7) is 0. The predicted octanol–water partition coefficient (Wildman–Crippen LogP) is 8.14. The fourth-order valence-corrected chi connectivity index (χ4v) is 5.87. The summed E-state index contributed by atoms with van der Waals surface area (Å²) in [4.78, 5) is 0. The molecule has 2 aliphatic carbocycles. The molecule has 1 spiro atoms. The van der Waals surface area contributed by atoms with E-state index in [0.29, 0.717) is 0 Å². The fourth-order valence-electron chi connectivity index (χ4n) is 5.87. The summed E-state index contributed by atoms with van der Waals surface area (Å²) in [5, 5.41) is 9.13. The molecular formula is C31H21N3. The van der Waals surface area contributed by atoms with Crippen molar-refractivity contribution in [1.29, 1.82) is 0 Å². The van der Waals surface area contributed by atoms with Gasteiger partial charge in [-0.25, -0.2) is 0 Å². The number of nitrogens with zero attached hydrogens (tertiary/aromatic N) is 2. The number of para-hydroxylation sites is 1. The van der Waals surface area contributed by atoms with Crippen LogP contribution in [-0.2, 0) is 5.41 Å². The Morgan fingerprint density at radius 3 is 1.59 bits per heavy atom. The van der Waals surface area contributed by atoms with E-state index < -0.39 is 5.41 Å². The molecule has 0 aliphatic heterocycles. The van der Waals surface area contributed by atoms with Crippen LogP contribution in [0.25, 0.3) is 22.3 Å². The first-order valence-corrected chi connectivity index (χ1v) is 11.5. The molecule has 3 nitrogen and oxygen atoms in total. The zero-order valence-corrected chi connectivity index (χ0v) is 18.4. The van der Waals surface area contributed by atoms with Gasteiger partial charge in [-0.3, -0.25) is 5.43 Å². The lowest BCUT2D eigenvalue weighted by Gasteiger charge is -2.31. The summed E-state index contributed by atoms with van der Waals surface area (Å²) < 4.78 is 0. The highest BCUT2D eigenvalue weighted by Crippen LogP contribution is 2.64. The van der Waals surface area contributed by atoms with E-state index in [-0.39, 0.29) is 0 Å². The first-order chi connectivity index (χ1) is 16.9. The molecule has 7 rings (SSSR count). The molecule has 0 radical (unpaired) electrons. The molecule has 2 aliphatic rings. The first-order valence-electron chi connectivity index (χ1n) is 11.5. The normalized spacial score (nSPS) is 14.0. The van der Waals surface area contributed by atoms with Gasteiger partial charge in [-0.05, 0) is 57.1 Å². The van der Waals surface area contributed by atoms with E-state index in [1.54, 1.807) is 0 Å². The molecule has 0 saturated heterocycles. The number of rotatable bonds is 3. The summed E-state index contributed by atoms with van der Waals surface area (Å²) in [5.41, 5.74) is 14.6. The number of nitrogens with one attached hydrogen (secondary N) is 1. The van der Waals surface area contributed by atoms with E-state index in [1.807, 2.05) is 30.3 Å². The second-order valence-electron chi connectivity index (χ2n) is 8.76. The molecule has 0 fully saturated rings. The van der Waals surface area contributed by atoms with Crippen molar-refractivity contribution in [3.8, 4) is 22.3 Å². The fraction of sp³-hybridized carbons (Fsp3) is 0.0323. The summed E-state index contributed by atoms with van der Waals surface area (Å²) in [5.74, 6) is 0. The van der Waals surface area contributed by atoms with Gasteiger partial charge in [0.25, 0.3) is 0 Å². The minimum absolute atomic E-state index is 0.415. The Balaban J connectivity index is 1.52. The molecule has 0 saturated carbocycles. The molecule has 0 aromatic heterocycles. The summed E-state index contributed by atoms with van der Waals surface area (Å²) in [6, 6.07) is 42.7. The van der Waals surface area contributed by atoms with E-state index in [1.165, 1.54) is 44.5 Å². The van der Waals surface area contributed by atoms with Crippen molar-refractivity contribution in [2.24, 2.45) is 10.3 Å². The Morgan fingerprint density at radius 2 is 0.971 bits per heavy atom. The van der Waals surface area contributed by atoms with Gasteiger partial charge in [0.05, 0.1) is 16.8 Å². The smallest absolute Gasteiger partial charge is 0.0928 e. The van der Waals surface area contributed by atoms with Gasteiger partial charge in [-0.15, -0.1) is 5.11 Å². The van der Waals surface area contributed by atoms with Gasteiger partial charge in [0.2, 0.25) is 0 Å². The van der Waals surface area contributed by atoms with Crippen molar-refractivity contribution in [3.05, 3.63) is 144 Å².